The molecule has 0 fully saturated rings. The highest BCUT2D eigenvalue weighted by Gasteiger charge is 2.18. The van der Waals surface area contributed by atoms with Crippen LogP contribution in [0.4, 0.5) is 10.1 Å². The summed E-state index contributed by atoms with van der Waals surface area (Å²) < 4.78 is 13.1. The van der Waals surface area contributed by atoms with Crippen molar-refractivity contribution in [2.75, 3.05) is 11.4 Å². The Labute approximate surface area is 108 Å². The second-order valence-corrected chi connectivity index (χ2v) is 5.11. The highest BCUT2D eigenvalue weighted by Crippen LogP contribution is 2.18. The third-order valence-corrected chi connectivity index (χ3v) is 2.72. The topological polar surface area (TPSA) is 46.3 Å². The molecule has 0 bridgehead atoms. The van der Waals surface area contributed by atoms with Gasteiger partial charge in [0.1, 0.15) is 5.82 Å². The van der Waals surface area contributed by atoms with Gasteiger partial charge in [0, 0.05) is 24.2 Å². The molecule has 0 radical (unpaired) electrons. The SMILES string of the molecule is CCN(C(=O)CCC(C)(C)N)c1cccc(F)c1. The van der Waals surface area contributed by atoms with Gasteiger partial charge in [0.25, 0.3) is 0 Å². The zero-order valence-corrected chi connectivity index (χ0v) is 11.2. The fourth-order valence-corrected chi connectivity index (χ4v) is 1.71. The van der Waals surface area contributed by atoms with Crippen LogP contribution in [-0.2, 0) is 4.79 Å². The van der Waals surface area contributed by atoms with Gasteiger partial charge in [-0.2, -0.15) is 0 Å². The molecule has 1 rings (SSSR count). The molecule has 1 aromatic carbocycles. The van der Waals surface area contributed by atoms with Gasteiger partial charge in [0.05, 0.1) is 0 Å². The Morgan fingerprint density at radius 2 is 2.11 bits per heavy atom. The molecule has 2 N–H and O–H groups in total. The van der Waals surface area contributed by atoms with Gasteiger partial charge in [0.15, 0.2) is 0 Å². The van der Waals surface area contributed by atoms with E-state index in [1.807, 2.05) is 20.8 Å². The molecule has 0 atom stereocenters. The molecule has 18 heavy (non-hydrogen) atoms. The second kappa shape index (κ2) is 5.96. The lowest BCUT2D eigenvalue weighted by Gasteiger charge is -2.24. The second-order valence-electron chi connectivity index (χ2n) is 5.11. The van der Waals surface area contributed by atoms with Crippen LogP contribution in [0.5, 0.6) is 0 Å². The maximum absolute atomic E-state index is 13.1. The minimum atomic E-state index is -0.364. The van der Waals surface area contributed by atoms with Crippen LogP contribution in [0.25, 0.3) is 0 Å². The van der Waals surface area contributed by atoms with E-state index in [9.17, 15) is 9.18 Å². The lowest BCUT2D eigenvalue weighted by molar-refractivity contribution is -0.118. The summed E-state index contributed by atoms with van der Waals surface area (Å²) in [6.45, 7) is 6.17. The summed E-state index contributed by atoms with van der Waals surface area (Å²) in [7, 11) is 0. The van der Waals surface area contributed by atoms with Crippen molar-refractivity contribution >= 4 is 11.6 Å². The zero-order valence-electron chi connectivity index (χ0n) is 11.2. The van der Waals surface area contributed by atoms with E-state index in [0.29, 0.717) is 25.1 Å². The molecule has 1 amide bonds. The van der Waals surface area contributed by atoms with Gasteiger partial charge >= 0.3 is 0 Å². The van der Waals surface area contributed by atoms with Crippen LogP contribution in [0.3, 0.4) is 0 Å². The number of anilines is 1. The number of carbonyl (C=O) groups is 1. The lowest BCUT2D eigenvalue weighted by Crippen LogP contribution is -2.36. The fourth-order valence-electron chi connectivity index (χ4n) is 1.71. The summed E-state index contributed by atoms with van der Waals surface area (Å²) in [6, 6.07) is 6.07. The molecule has 1 aromatic rings. The smallest absolute Gasteiger partial charge is 0.227 e. The molecule has 0 aliphatic carbocycles. The van der Waals surface area contributed by atoms with Gasteiger partial charge in [-0.05, 0) is 45.4 Å². The van der Waals surface area contributed by atoms with Gasteiger partial charge in [0.2, 0.25) is 5.91 Å². The number of carbonyl (C=O) groups excluding carboxylic acids is 1. The summed E-state index contributed by atoms with van der Waals surface area (Å²) in [5, 5.41) is 0. The van der Waals surface area contributed by atoms with Crippen LogP contribution >= 0.6 is 0 Å². The third kappa shape index (κ3) is 4.45. The van der Waals surface area contributed by atoms with E-state index in [1.165, 1.54) is 12.1 Å². The van der Waals surface area contributed by atoms with Crippen LogP contribution in [0.2, 0.25) is 0 Å². The zero-order chi connectivity index (χ0) is 13.8. The number of nitrogens with two attached hydrogens (primary N) is 1. The molecular weight excluding hydrogens is 231 g/mol. The van der Waals surface area contributed by atoms with Crippen molar-refractivity contribution in [2.45, 2.75) is 39.2 Å². The first-order chi connectivity index (χ1) is 8.33. The molecule has 0 saturated carbocycles. The lowest BCUT2D eigenvalue weighted by atomic mass is 9.99. The van der Waals surface area contributed by atoms with Gasteiger partial charge < -0.3 is 10.6 Å². The van der Waals surface area contributed by atoms with E-state index in [2.05, 4.69) is 0 Å². The van der Waals surface area contributed by atoms with E-state index in [0.717, 1.165) is 0 Å². The summed E-state index contributed by atoms with van der Waals surface area (Å²) in [5.41, 5.74) is 6.09. The quantitative estimate of drug-likeness (QED) is 0.875. The van der Waals surface area contributed by atoms with E-state index >= 15 is 0 Å². The monoisotopic (exact) mass is 252 g/mol. The third-order valence-electron chi connectivity index (χ3n) is 2.72. The first-order valence-corrected chi connectivity index (χ1v) is 6.18. The molecular formula is C14H21FN2O. The van der Waals surface area contributed by atoms with Crippen LogP contribution in [0.15, 0.2) is 24.3 Å². The minimum Gasteiger partial charge on any atom is -0.326 e. The molecule has 0 heterocycles. The van der Waals surface area contributed by atoms with Crippen LogP contribution in [0.1, 0.15) is 33.6 Å². The van der Waals surface area contributed by atoms with Gasteiger partial charge in [-0.3, -0.25) is 4.79 Å². The average Bonchev–Trinajstić information content (AvgIpc) is 2.26. The van der Waals surface area contributed by atoms with Crippen molar-refractivity contribution in [2.24, 2.45) is 5.73 Å². The van der Waals surface area contributed by atoms with E-state index < -0.39 is 0 Å². The average molecular weight is 252 g/mol. The van der Waals surface area contributed by atoms with Crippen LogP contribution in [0, 0.1) is 5.82 Å². The first-order valence-electron chi connectivity index (χ1n) is 6.18. The number of hydrogen-bond acceptors (Lipinski definition) is 2. The van der Waals surface area contributed by atoms with E-state index in [-0.39, 0.29) is 17.3 Å². The van der Waals surface area contributed by atoms with Crippen LogP contribution in [-0.4, -0.2) is 18.0 Å². The van der Waals surface area contributed by atoms with E-state index in [4.69, 9.17) is 5.73 Å². The molecule has 0 unspecified atom stereocenters. The molecule has 0 aromatic heterocycles. The van der Waals surface area contributed by atoms with Crippen molar-refractivity contribution in [1.82, 2.24) is 0 Å². The predicted octanol–water partition coefficient (Wildman–Crippen LogP) is 2.70. The molecule has 0 spiro atoms. The largest absolute Gasteiger partial charge is 0.326 e. The summed E-state index contributed by atoms with van der Waals surface area (Å²) in [6.07, 6.45) is 0.978. The number of rotatable bonds is 5. The van der Waals surface area contributed by atoms with Crippen molar-refractivity contribution in [3.63, 3.8) is 0 Å². The summed E-state index contributed by atoms with van der Waals surface area (Å²) in [5.74, 6) is -0.362. The molecule has 0 saturated heterocycles. The number of benzene rings is 1. The highest BCUT2D eigenvalue weighted by molar-refractivity contribution is 5.93. The Bertz CT molecular complexity index is 413. The Hall–Kier alpha value is -1.42. The maximum atomic E-state index is 13.1. The predicted molar refractivity (Wildman–Crippen MR) is 71.9 cm³/mol. The van der Waals surface area contributed by atoms with Crippen molar-refractivity contribution in [3.8, 4) is 0 Å². The number of hydrogen-bond donors (Lipinski definition) is 1. The normalized spacial score (nSPS) is 11.4. The van der Waals surface area contributed by atoms with Crippen molar-refractivity contribution < 1.29 is 9.18 Å². The summed E-state index contributed by atoms with van der Waals surface area (Å²) >= 11 is 0. The molecule has 0 aliphatic heterocycles. The standard InChI is InChI=1S/C14H21FN2O/c1-4-17(12-7-5-6-11(15)10-12)13(18)8-9-14(2,3)16/h5-7,10H,4,8-9,16H2,1-3H3. The molecule has 3 nitrogen and oxygen atoms in total. The van der Waals surface area contributed by atoms with Gasteiger partial charge in [-0.1, -0.05) is 6.07 Å². The number of halogens is 1. The molecule has 4 heteroatoms. The maximum Gasteiger partial charge on any atom is 0.227 e. The number of amides is 1. The first kappa shape index (κ1) is 14.6. The molecule has 0 aliphatic rings. The molecule has 100 valence electrons. The Kier molecular flexibility index (Phi) is 4.84. The number of nitrogens with zero attached hydrogens (tertiary/aromatic N) is 1. The van der Waals surface area contributed by atoms with Crippen molar-refractivity contribution in [3.05, 3.63) is 30.1 Å². The van der Waals surface area contributed by atoms with Gasteiger partial charge in [-0.25, -0.2) is 4.39 Å². The minimum absolute atomic E-state index is 0.0263. The summed E-state index contributed by atoms with van der Waals surface area (Å²) in [4.78, 5) is 13.7. The van der Waals surface area contributed by atoms with Crippen molar-refractivity contribution in [1.29, 1.82) is 0 Å². The highest BCUT2D eigenvalue weighted by atomic mass is 19.1. The van der Waals surface area contributed by atoms with Gasteiger partial charge in [-0.15, -0.1) is 0 Å². The van der Waals surface area contributed by atoms with E-state index in [1.54, 1.807) is 17.0 Å². The van der Waals surface area contributed by atoms with Crippen LogP contribution < -0.4 is 10.6 Å². The Morgan fingerprint density at radius 1 is 1.44 bits per heavy atom. The Balaban J connectivity index is 2.75. The fraction of sp³-hybridized carbons (Fsp3) is 0.500. The Morgan fingerprint density at radius 3 is 2.61 bits per heavy atom.